The van der Waals surface area contributed by atoms with Gasteiger partial charge in [-0.05, 0) is 29.7 Å². The maximum absolute atomic E-state index is 12.5. The molecular formula is C20H17NO2. The highest BCUT2D eigenvalue weighted by Crippen LogP contribution is 2.67. The van der Waals surface area contributed by atoms with E-state index in [-0.39, 0.29) is 22.4 Å². The minimum atomic E-state index is -0.371. The van der Waals surface area contributed by atoms with Gasteiger partial charge in [0.15, 0.2) is 0 Å². The second-order valence-corrected chi connectivity index (χ2v) is 7.35. The minimum absolute atomic E-state index is 0.281. The molecule has 2 saturated carbocycles. The molecule has 0 aliphatic heterocycles. The first kappa shape index (κ1) is 13.2. The van der Waals surface area contributed by atoms with Gasteiger partial charge >= 0.3 is 0 Å². The van der Waals surface area contributed by atoms with Crippen molar-refractivity contribution in [3.63, 3.8) is 0 Å². The fourth-order valence-corrected chi connectivity index (χ4v) is 5.64. The third kappa shape index (κ3) is 1.35. The van der Waals surface area contributed by atoms with Crippen LogP contribution in [0.5, 0.6) is 0 Å². The molecule has 1 aromatic carbocycles. The number of carbonyl (C=O) groups excluding carboxylic acids is 2. The molecule has 3 nitrogen and oxygen atoms in total. The highest BCUT2D eigenvalue weighted by atomic mass is 16.1. The molecule has 0 spiro atoms. The summed E-state index contributed by atoms with van der Waals surface area (Å²) in [7, 11) is 0. The first-order chi connectivity index (χ1) is 11.1. The predicted molar refractivity (Wildman–Crippen MR) is 86.2 cm³/mol. The van der Waals surface area contributed by atoms with Crippen molar-refractivity contribution >= 4 is 11.6 Å². The summed E-state index contributed by atoms with van der Waals surface area (Å²) < 4.78 is 0. The molecule has 23 heavy (non-hydrogen) atoms. The van der Waals surface area contributed by atoms with E-state index in [4.69, 9.17) is 0 Å². The third-order valence-corrected chi connectivity index (χ3v) is 6.24. The number of Topliss-reactive ketones (excluding diaryl/α,β-unsaturated/α-hetero) is 2. The van der Waals surface area contributed by atoms with Crippen LogP contribution in [-0.2, 0) is 20.4 Å². The first-order valence-corrected chi connectivity index (χ1v) is 8.17. The molecule has 2 aromatic rings. The van der Waals surface area contributed by atoms with Crippen molar-refractivity contribution in [3.8, 4) is 11.3 Å². The van der Waals surface area contributed by atoms with Gasteiger partial charge in [-0.15, -0.1) is 0 Å². The molecule has 2 fully saturated rings. The van der Waals surface area contributed by atoms with E-state index in [0.717, 1.165) is 16.8 Å². The summed E-state index contributed by atoms with van der Waals surface area (Å²) >= 11 is 0. The molecule has 5 rings (SSSR count). The topological polar surface area (TPSA) is 47.0 Å². The standard InChI is InChI=1S/C20H17NO2/c1-12-4-2-5-15-17(12)20-10-13(22)8-19(20,9-14(23)11-20)16-6-3-7-21-18(15)16/h2-7H,8-11H2,1H3. The zero-order chi connectivity index (χ0) is 15.8. The van der Waals surface area contributed by atoms with Gasteiger partial charge in [-0.25, -0.2) is 0 Å². The predicted octanol–water partition coefficient (Wildman–Crippen LogP) is 3.27. The summed E-state index contributed by atoms with van der Waals surface area (Å²) in [4.78, 5) is 29.7. The van der Waals surface area contributed by atoms with Crippen molar-refractivity contribution in [2.24, 2.45) is 0 Å². The molecule has 0 amide bonds. The first-order valence-electron chi connectivity index (χ1n) is 8.17. The summed E-state index contributed by atoms with van der Waals surface area (Å²) in [6.07, 6.45) is 3.74. The zero-order valence-corrected chi connectivity index (χ0v) is 13.1. The van der Waals surface area contributed by atoms with Gasteiger partial charge < -0.3 is 0 Å². The average Bonchev–Trinajstić information content (AvgIpc) is 2.95. The summed E-state index contributed by atoms with van der Waals surface area (Å²) in [5, 5.41) is 0. The van der Waals surface area contributed by atoms with Gasteiger partial charge in [-0.1, -0.05) is 24.3 Å². The second kappa shape index (κ2) is 3.97. The van der Waals surface area contributed by atoms with Crippen molar-refractivity contribution in [1.82, 2.24) is 4.98 Å². The van der Waals surface area contributed by atoms with Crippen molar-refractivity contribution in [2.75, 3.05) is 0 Å². The molecule has 1 heterocycles. The number of aryl methyl sites for hydroxylation is 1. The second-order valence-electron chi connectivity index (χ2n) is 7.35. The van der Waals surface area contributed by atoms with Crippen LogP contribution in [0.15, 0.2) is 36.5 Å². The Labute approximate surface area is 134 Å². The lowest BCUT2D eigenvalue weighted by Gasteiger charge is -2.46. The number of pyridine rings is 1. The molecule has 3 heteroatoms. The Morgan fingerprint density at radius 3 is 2.35 bits per heavy atom. The lowest BCUT2D eigenvalue weighted by Crippen LogP contribution is -2.44. The average molecular weight is 303 g/mol. The van der Waals surface area contributed by atoms with Crippen LogP contribution in [0.2, 0.25) is 0 Å². The fraction of sp³-hybridized carbons (Fsp3) is 0.350. The normalized spacial score (nSPS) is 30.7. The van der Waals surface area contributed by atoms with E-state index < -0.39 is 0 Å². The number of ketones is 2. The quantitative estimate of drug-likeness (QED) is 0.750. The Kier molecular flexibility index (Phi) is 2.27. The largest absolute Gasteiger partial charge is 0.300 e. The van der Waals surface area contributed by atoms with Crippen molar-refractivity contribution < 1.29 is 9.59 Å². The Bertz CT molecular complexity index is 876. The van der Waals surface area contributed by atoms with E-state index in [9.17, 15) is 9.59 Å². The molecule has 0 saturated heterocycles. The van der Waals surface area contributed by atoms with Crippen molar-refractivity contribution in [2.45, 2.75) is 43.4 Å². The van der Waals surface area contributed by atoms with Gasteiger partial charge in [0.05, 0.1) is 5.69 Å². The Balaban J connectivity index is 1.98. The number of aromatic nitrogens is 1. The molecular weight excluding hydrogens is 286 g/mol. The molecule has 0 N–H and O–H groups in total. The maximum Gasteiger partial charge on any atom is 0.134 e. The highest BCUT2D eigenvalue weighted by Gasteiger charge is 2.67. The number of nitrogens with zero attached hydrogens (tertiary/aromatic N) is 1. The van der Waals surface area contributed by atoms with Crippen LogP contribution in [0.3, 0.4) is 0 Å². The minimum Gasteiger partial charge on any atom is -0.300 e. The van der Waals surface area contributed by atoms with Gasteiger partial charge in [0.1, 0.15) is 11.6 Å². The van der Waals surface area contributed by atoms with Gasteiger partial charge in [-0.3, -0.25) is 14.6 Å². The smallest absolute Gasteiger partial charge is 0.134 e. The summed E-state index contributed by atoms with van der Waals surface area (Å²) in [6, 6.07) is 10.3. The van der Waals surface area contributed by atoms with E-state index in [2.05, 4.69) is 30.1 Å². The Hall–Kier alpha value is -2.29. The van der Waals surface area contributed by atoms with E-state index in [1.807, 2.05) is 18.3 Å². The third-order valence-electron chi connectivity index (χ3n) is 6.24. The maximum atomic E-state index is 12.5. The van der Waals surface area contributed by atoms with Gasteiger partial charge in [0.25, 0.3) is 0 Å². The van der Waals surface area contributed by atoms with E-state index in [0.29, 0.717) is 25.7 Å². The number of hydrogen-bond acceptors (Lipinski definition) is 3. The molecule has 0 atom stereocenters. The molecule has 0 radical (unpaired) electrons. The van der Waals surface area contributed by atoms with Crippen molar-refractivity contribution in [1.29, 1.82) is 0 Å². The van der Waals surface area contributed by atoms with Gasteiger partial charge in [-0.2, -0.15) is 0 Å². The van der Waals surface area contributed by atoms with E-state index in [1.165, 1.54) is 11.1 Å². The summed E-state index contributed by atoms with van der Waals surface area (Å²) in [6.45, 7) is 2.10. The Morgan fingerprint density at radius 1 is 0.913 bits per heavy atom. The number of carbonyl (C=O) groups is 2. The zero-order valence-electron chi connectivity index (χ0n) is 13.1. The van der Waals surface area contributed by atoms with Gasteiger partial charge in [0.2, 0.25) is 0 Å². The van der Waals surface area contributed by atoms with E-state index in [1.54, 1.807) is 0 Å². The number of fused-ring (bicyclic) bond motifs is 3. The van der Waals surface area contributed by atoms with Crippen LogP contribution in [0.4, 0.5) is 0 Å². The number of rotatable bonds is 0. The number of hydrogen-bond donors (Lipinski definition) is 0. The summed E-state index contributed by atoms with van der Waals surface area (Å²) in [5.41, 5.74) is 4.83. The Morgan fingerprint density at radius 2 is 1.61 bits per heavy atom. The van der Waals surface area contributed by atoms with Crippen LogP contribution < -0.4 is 0 Å². The SMILES string of the molecule is Cc1cccc2c1C13CC(=O)CC1(CC(=O)C3)c1cccnc1-2. The number of benzene rings is 1. The molecule has 3 aliphatic carbocycles. The van der Waals surface area contributed by atoms with Crippen LogP contribution in [0.1, 0.15) is 42.4 Å². The molecule has 0 bridgehead atoms. The monoisotopic (exact) mass is 303 g/mol. The van der Waals surface area contributed by atoms with Crippen LogP contribution >= 0.6 is 0 Å². The van der Waals surface area contributed by atoms with Crippen LogP contribution in [0.25, 0.3) is 11.3 Å². The molecule has 1 aromatic heterocycles. The molecule has 3 aliphatic rings. The van der Waals surface area contributed by atoms with Gasteiger partial charge in [0, 0.05) is 48.3 Å². The lowest BCUT2D eigenvalue weighted by atomic mass is 9.55. The lowest BCUT2D eigenvalue weighted by molar-refractivity contribution is -0.120. The van der Waals surface area contributed by atoms with Crippen LogP contribution in [-0.4, -0.2) is 16.6 Å². The molecule has 0 unspecified atom stereocenters. The van der Waals surface area contributed by atoms with Crippen molar-refractivity contribution in [3.05, 3.63) is 53.2 Å². The fourth-order valence-electron chi connectivity index (χ4n) is 5.64. The van der Waals surface area contributed by atoms with E-state index >= 15 is 0 Å². The van der Waals surface area contributed by atoms with Crippen LogP contribution in [0, 0.1) is 6.92 Å². The summed E-state index contributed by atoms with van der Waals surface area (Å²) in [5.74, 6) is 0.562. The molecule has 114 valence electrons. The highest BCUT2D eigenvalue weighted by molar-refractivity contribution is 5.99.